The average molecular weight is 215 g/mol. The van der Waals surface area contributed by atoms with Gasteiger partial charge < -0.3 is 5.32 Å². The van der Waals surface area contributed by atoms with Gasteiger partial charge in [-0.25, -0.2) is 4.98 Å². The molecular weight excluding hydrogens is 198 g/mol. The minimum absolute atomic E-state index is 0.639. The van der Waals surface area contributed by atoms with Gasteiger partial charge in [-0.2, -0.15) is 0 Å². The van der Waals surface area contributed by atoms with Crippen molar-refractivity contribution in [3.63, 3.8) is 0 Å². The summed E-state index contributed by atoms with van der Waals surface area (Å²) >= 11 is 0. The van der Waals surface area contributed by atoms with Gasteiger partial charge >= 0.3 is 0 Å². The van der Waals surface area contributed by atoms with Gasteiger partial charge in [0, 0.05) is 18.4 Å². The van der Waals surface area contributed by atoms with Crippen molar-refractivity contribution in [3.05, 3.63) is 30.1 Å². The maximum Gasteiger partial charge on any atom is 0.0907 e. The van der Waals surface area contributed by atoms with E-state index in [9.17, 15) is 0 Å². The number of aryl methyl sites for hydroxylation is 1. The molecule has 0 aliphatic carbocycles. The molecule has 1 N–H and O–H groups in total. The zero-order valence-corrected chi connectivity index (χ0v) is 9.99. The Morgan fingerprint density at radius 2 is 2.06 bits per heavy atom. The predicted molar refractivity (Wildman–Crippen MR) is 67.6 cm³/mol. The van der Waals surface area contributed by atoms with E-state index in [2.05, 4.69) is 35.2 Å². The molecule has 0 bridgehead atoms. The lowest BCUT2D eigenvalue weighted by Crippen LogP contribution is -2.07. The second-order valence-electron chi connectivity index (χ2n) is 4.49. The number of benzene rings is 1. The molecule has 0 radical (unpaired) electrons. The van der Waals surface area contributed by atoms with Crippen molar-refractivity contribution in [2.24, 2.45) is 5.92 Å². The molecule has 0 saturated carbocycles. The van der Waals surface area contributed by atoms with Gasteiger partial charge in [0.25, 0.3) is 0 Å². The van der Waals surface area contributed by atoms with Crippen LogP contribution < -0.4 is 5.32 Å². The number of hydrogen-bond donors (Lipinski definition) is 1. The largest absolute Gasteiger partial charge is 0.385 e. The van der Waals surface area contributed by atoms with Crippen LogP contribution in [0, 0.1) is 12.8 Å². The fourth-order valence-electron chi connectivity index (χ4n) is 1.54. The summed E-state index contributed by atoms with van der Waals surface area (Å²) in [5, 5.41) is 3.38. The normalized spacial score (nSPS) is 11.0. The second kappa shape index (κ2) is 4.47. The van der Waals surface area contributed by atoms with Crippen molar-refractivity contribution in [2.75, 3.05) is 11.9 Å². The van der Waals surface area contributed by atoms with E-state index in [1.807, 2.05) is 19.1 Å². The van der Waals surface area contributed by atoms with E-state index in [-0.39, 0.29) is 0 Å². The minimum atomic E-state index is 0.639. The molecule has 2 aromatic rings. The molecule has 16 heavy (non-hydrogen) atoms. The van der Waals surface area contributed by atoms with E-state index in [0.29, 0.717) is 5.92 Å². The van der Waals surface area contributed by atoms with Crippen LogP contribution in [0.4, 0.5) is 5.69 Å². The van der Waals surface area contributed by atoms with Gasteiger partial charge in [-0.05, 0) is 31.0 Å². The molecule has 0 spiro atoms. The zero-order valence-electron chi connectivity index (χ0n) is 9.99. The van der Waals surface area contributed by atoms with E-state index < -0.39 is 0 Å². The van der Waals surface area contributed by atoms with Gasteiger partial charge in [0.2, 0.25) is 0 Å². The smallest absolute Gasteiger partial charge is 0.0907 e. The number of fused-ring (bicyclic) bond motifs is 1. The third-order valence-corrected chi connectivity index (χ3v) is 2.38. The van der Waals surface area contributed by atoms with Gasteiger partial charge in [-0.1, -0.05) is 13.8 Å². The topological polar surface area (TPSA) is 37.8 Å². The lowest BCUT2D eigenvalue weighted by atomic mass is 10.2. The Kier molecular flexibility index (Phi) is 3.04. The van der Waals surface area contributed by atoms with Crippen LogP contribution in [0.25, 0.3) is 11.0 Å². The monoisotopic (exact) mass is 215 g/mol. The number of nitrogens with one attached hydrogen (secondary N) is 1. The molecule has 3 nitrogen and oxygen atoms in total. The lowest BCUT2D eigenvalue weighted by Gasteiger charge is -2.09. The summed E-state index contributed by atoms with van der Waals surface area (Å²) < 4.78 is 0. The molecule has 0 aliphatic rings. The molecule has 0 unspecified atom stereocenters. The van der Waals surface area contributed by atoms with Crippen LogP contribution in [0.15, 0.2) is 24.4 Å². The Morgan fingerprint density at radius 1 is 1.25 bits per heavy atom. The van der Waals surface area contributed by atoms with Crippen LogP contribution in [0.5, 0.6) is 0 Å². The first-order valence-electron chi connectivity index (χ1n) is 5.62. The molecule has 2 rings (SSSR count). The number of anilines is 1. The minimum Gasteiger partial charge on any atom is -0.385 e. The summed E-state index contributed by atoms with van der Waals surface area (Å²) in [4.78, 5) is 8.79. The first kappa shape index (κ1) is 10.9. The highest BCUT2D eigenvalue weighted by atomic mass is 14.9. The number of hydrogen-bond acceptors (Lipinski definition) is 3. The van der Waals surface area contributed by atoms with Crippen molar-refractivity contribution < 1.29 is 0 Å². The number of rotatable bonds is 3. The highest BCUT2D eigenvalue weighted by molar-refractivity contribution is 5.78. The summed E-state index contributed by atoms with van der Waals surface area (Å²) in [6.07, 6.45) is 1.80. The van der Waals surface area contributed by atoms with Crippen molar-refractivity contribution in [3.8, 4) is 0 Å². The van der Waals surface area contributed by atoms with Gasteiger partial charge in [0.05, 0.1) is 16.7 Å². The Morgan fingerprint density at radius 3 is 2.81 bits per heavy atom. The SMILES string of the molecule is Cc1cnc2cc(NCC(C)C)ccc2n1. The molecule has 0 saturated heterocycles. The number of nitrogens with zero attached hydrogens (tertiary/aromatic N) is 2. The molecule has 1 aromatic carbocycles. The fraction of sp³-hybridized carbons (Fsp3) is 0.385. The van der Waals surface area contributed by atoms with Gasteiger partial charge in [-0.3, -0.25) is 4.98 Å². The van der Waals surface area contributed by atoms with E-state index in [4.69, 9.17) is 0 Å². The number of aromatic nitrogens is 2. The van der Waals surface area contributed by atoms with E-state index >= 15 is 0 Å². The van der Waals surface area contributed by atoms with Crippen LogP contribution >= 0.6 is 0 Å². The van der Waals surface area contributed by atoms with Crippen LogP contribution in [0.2, 0.25) is 0 Å². The van der Waals surface area contributed by atoms with Gasteiger partial charge in [0.1, 0.15) is 0 Å². The highest BCUT2D eigenvalue weighted by Crippen LogP contribution is 2.16. The fourth-order valence-corrected chi connectivity index (χ4v) is 1.54. The molecule has 1 heterocycles. The second-order valence-corrected chi connectivity index (χ2v) is 4.49. The molecular formula is C13H17N3. The zero-order chi connectivity index (χ0) is 11.5. The van der Waals surface area contributed by atoms with Crippen LogP contribution in [0.3, 0.4) is 0 Å². The molecule has 0 fully saturated rings. The maximum absolute atomic E-state index is 4.42. The van der Waals surface area contributed by atoms with E-state index in [0.717, 1.165) is 29.0 Å². The summed E-state index contributed by atoms with van der Waals surface area (Å²) in [7, 11) is 0. The van der Waals surface area contributed by atoms with Crippen molar-refractivity contribution in [2.45, 2.75) is 20.8 Å². The van der Waals surface area contributed by atoms with Crippen molar-refractivity contribution >= 4 is 16.7 Å². The molecule has 84 valence electrons. The third-order valence-electron chi connectivity index (χ3n) is 2.38. The Bertz CT molecular complexity index is 492. The molecule has 1 aromatic heterocycles. The predicted octanol–water partition coefficient (Wildman–Crippen LogP) is 3.01. The summed E-state index contributed by atoms with van der Waals surface area (Å²) in [5.74, 6) is 0.639. The first-order valence-corrected chi connectivity index (χ1v) is 5.62. The quantitative estimate of drug-likeness (QED) is 0.855. The standard InChI is InChI=1S/C13H17N3/c1-9(2)7-14-11-4-5-12-13(6-11)15-8-10(3)16-12/h4-6,8-9,14H,7H2,1-3H3. The maximum atomic E-state index is 4.42. The van der Waals surface area contributed by atoms with Crippen LogP contribution in [0.1, 0.15) is 19.5 Å². The Hall–Kier alpha value is -1.64. The summed E-state index contributed by atoms with van der Waals surface area (Å²) in [6, 6.07) is 6.11. The van der Waals surface area contributed by atoms with E-state index in [1.54, 1.807) is 6.20 Å². The summed E-state index contributed by atoms with van der Waals surface area (Å²) in [6.45, 7) is 7.32. The highest BCUT2D eigenvalue weighted by Gasteiger charge is 2.00. The average Bonchev–Trinajstić information content (AvgIpc) is 2.26. The van der Waals surface area contributed by atoms with Crippen molar-refractivity contribution in [1.82, 2.24) is 9.97 Å². The Balaban J connectivity index is 2.26. The van der Waals surface area contributed by atoms with Crippen LogP contribution in [-0.4, -0.2) is 16.5 Å². The van der Waals surface area contributed by atoms with E-state index in [1.165, 1.54) is 0 Å². The molecule has 3 heteroatoms. The molecule has 0 atom stereocenters. The first-order chi connectivity index (χ1) is 7.65. The molecule has 0 aliphatic heterocycles. The van der Waals surface area contributed by atoms with Crippen molar-refractivity contribution in [1.29, 1.82) is 0 Å². The third kappa shape index (κ3) is 2.48. The molecule has 0 amide bonds. The Labute approximate surface area is 95.9 Å². The van der Waals surface area contributed by atoms with Gasteiger partial charge in [0.15, 0.2) is 0 Å². The summed E-state index contributed by atoms with van der Waals surface area (Å²) in [5.41, 5.74) is 3.96. The van der Waals surface area contributed by atoms with Gasteiger partial charge in [-0.15, -0.1) is 0 Å². The lowest BCUT2D eigenvalue weighted by molar-refractivity contribution is 0.689. The van der Waals surface area contributed by atoms with Crippen LogP contribution in [-0.2, 0) is 0 Å².